The first-order valence-electron chi connectivity index (χ1n) is 6.55. The van der Waals surface area contributed by atoms with Crippen LogP contribution in [0.15, 0.2) is 23.7 Å². The van der Waals surface area contributed by atoms with Gasteiger partial charge in [-0.3, -0.25) is 4.79 Å². The molecule has 112 valence electrons. The van der Waals surface area contributed by atoms with E-state index >= 15 is 0 Å². The van der Waals surface area contributed by atoms with Gasteiger partial charge in [-0.25, -0.2) is 4.98 Å². The molecule has 2 aromatic rings. The molecule has 5 nitrogen and oxygen atoms in total. The van der Waals surface area contributed by atoms with Crippen molar-refractivity contribution in [2.45, 2.75) is 13.3 Å². The molecular weight excluding hydrogens is 288 g/mol. The van der Waals surface area contributed by atoms with Gasteiger partial charge in [-0.1, -0.05) is 0 Å². The number of amides is 1. The van der Waals surface area contributed by atoms with Crippen LogP contribution in [0.1, 0.15) is 20.9 Å². The van der Waals surface area contributed by atoms with Crippen LogP contribution >= 0.6 is 11.3 Å². The van der Waals surface area contributed by atoms with E-state index in [1.54, 1.807) is 43.8 Å². The summed E-state index contributed by atoms with van der Waals surface area (Å²) in [6, 6.07) is 5.11. The van der Waals surface area contributed by atoms with Gasteiger partial charge in [-0.15, -0.1) is 11.3 Å². The van der Waals surface area contributed by atoms with Crippen molar-refractivity contribution in [2.75, 3.05) is 20.8 Å². The Morgan fingerprint density at radius 3 is 2.67 bits per heavy atom. The van der Waals surface area contributed by atoms with Crippen LogP contribution < -0.4 is 14.8 Å². The highest BCUT2D eigenvalue weighted by molar-refractivity contribution is 7.09. The van der Waals surface area contributed by atoms with E-state index in [0.29, 0.717) is 23.6 Å². The number of nitrogens with zero attached hydrogens (tertiary/aromatic N) is 1. The van der Waals surface area contributed by atoms with Crippen LogP contribution in [0.2, 0.25) is 0 Å². The minimum Gasteiger partial charge on any atom is -0.493 e. The summed E-state index contributed by atoms with van der Waals surface area (Å²) in [5.41, 5.74) is 3.40. The summed E-state index contributed by atoms with van der Waals surface area (Å²) < 4.78 is 10.3. The molecule has 0 spiro atoms. The third-order valence-electron chi connectivity index (χ3n) is 3.13. The molecule has 2 rings (SSSR count). The van der Waals surface area contributed by atoms with Gasteiger partial charge in [-0.2, -0.15) is 0 Å². The minimum absolute atomic E-state index is 0.127. The molecule has 21 heavy (non-hydrogen) atoms. The Hall–Kier alpha value is -2.08. The first kappa shape index (κ1) is 15.3. The molecule has 0 aliphatic heterocycles. The van der Waals surface area contributed by atoms with Crippen molar-refractivity contribution in [1.82, 2.24) is 10.3 Å². The maximum Gasteiger partial charge on any atom is 0.251 e. The zero-order valence-corrected chi connectivity index (χ0v) is 13.1. The van der Waals surface area contributed by atoms with Crippen LogP contribution in [0.5, 0.6) is 11.5 Å². The van der Waals surface area contributed by atoms with E-state index in [1.165, 1.54) is 4.88 Å². The normalized spacial score (nSPS) is 10.2. The number of hydrogen-bond donors (Lipinski definition) is 1. The molecule has 0 saturated heterocycles. The van der Waals surface area contributed by atoms with Gasteiger partial charge >= 0.3 is 0 Å². The average Bonchev–Trinajstić information content (AvgIpc) is 2.91. The Labute approximate surface area is 127 Å². The van der Waals surface area contributed by atoms with Gasteiger partial charge in [0, 0.05) is 23.4 Å². The van der Waals surface area contributed by atoms with E-state index in [4.69, 9.17) is 9.47 Å². The lowest BCUT2D eigenvalue weighted by atomic mass is 10.2. The number of methoxy groups -OCH3 is 2. The summed E-state index contributed by atoms with van der Waals surface area (Å²) in [7, 11) is 3.11. The molecule has 0 atom stereocenters. The molecule has 0 saturated carbocycles. The predicted octanol–water partition coefficient (Wildman–Crippen LogP) is 2.44. The number of nitrogens with one attached hydrogen (secondary N) is 1. The fraction of sp³-hybridized carbons (Fsp3) is 0.333. The lowest BCUT2D eigenvalue weighted by Gasteiger charge is -2.10. The van der Waals surface area contributed by atoms with Crippen LogP contribution in [0, 0.1) is 6.92 Å². The number of thiazole rings is 1. The maximum atomic E-state index is 12.1. The Morgan fingerprint density at radius 1 is 1.29 bits per heavy atom. The van der Waals surface area contributed by atoms with Gasteiger partial charge < -0.3 is 14.8 Å². The molecule has 0 unspecified atom stereocenters. The van der Waals surface area contributed by atoms with Crippen molar-refractivity contribution in [1.29, 1.82) is 0 Å². The summed E-state index contributed by atoms with van der Waals surface area (Å²) >= 11 is 1.61. The largest absolute Gasteiger partial charge is 0.493 e. The average molecular weight is 306 g/mol. The fourth-order valence-corrected chi connectivity index (χ4v) is 2.72. The summed E-state index contributed by atoms with van der Waals surface area (Å²) in [5.74, 6) is 1.02. The number of carbonyl (C=O) groups is 1. The second-order valence-electron chi connectivity index (χ2n) is 4.44. The topological polar surface area (TPSA) is 60.5 Å². The van der Waals surface area contributed by atoms with E-state index in [1.807, 2.05) is 12.4 Å². The van der Waals surface area contributed by atoms with E-state index in [-0.39, 0.29) is 5.91 Å². The van der Waals surface area contributed by atoms with Crippen molar-refractivity contribution < 1.29 is 14.3 Å². The third kappa shape index (κ3) is 3.72. The number of rotatable bonds is 6. The van der Waals surface area contributed by atoms with E-state index < -0.39 is 0 Å². The van der Waals surface area contributed by atoms with Crippen molar-refractivity contribution in [2.24, 2.45) is 0 Å². The summed E-state index contributed by atoms with van der Waals surface area (Å²) in [4.78, 5) is 17.5. The molecular formula is C15H18N2O3S. The molecule has 0 fully saturated rings. The summed E-state index contributed by atoms with van der Waals surface area (Å²) in [6.07, 6.45) is 0.787. The molecule has 1 aromatic carbocycles. The van der Waals surface area contributed by atoms with Crippen LogP contribution in [0.25, 0.3) is 0 Å². The Morgan fingerprint density at radius 2 is 2.05 bits per heavy atom. The summed E-state index contributed by atoms with van der Waals surface area (Å²) in [5, 5.41) is 2.90. The molecule has 0 aliphatic rings. The monoisotopic (exact) mass is 306 g/mol. The van der Waals surface area contributed by atoms with Crippen LogP contribution in [-0.4, -0.2) is 31.7 Å². The highest BCUT2D eigenvalue weighted by atomic mass is 32.1. The zero-order chi connectivity index (χ0) is 15.2. The van der Waals surface area contributed by atoms with Crippen molar-refractivity contribution >= 4 is 17.2 Å². The van der Waals surface area contributed by atoms with Crippen molar-refractivity contribution in [3.05, 3.63) is 39.8 Å². The number of aryl methyl sites for hydroxylation is 1. The molecule has 0 aliphatic carbocycles. The molecule has 1 aromatic heterocycles. The molecule has 1 amide bonds. The maximum absolute atomic E-state index is 12.1. The number of aromatic nitrogens is 1. The van der Waals surface area contributed by atoms with E-state index in [2.05, 4.69) is 10.3 Å². The zero-order valence-electron chi connectivity index (χ0n) is 12.3. The molecule has 0 bridgehead atoms. The van der Waals surface area contributed by atoms with E-state index in [0.717, 1.165) is 12.1 Å². The highest BCUT2D eigenvalue weighted by Crippen LogP contribution is 2.27. The van der Waals surface area contributed by atoms with Gasteiger partial charge in [0.05, 0.1) is 25.4 Å². The molecule has 1 N–H and O–H groups in total. The van der Waals surface area contributed by atoms with Gasteiger partial charge in [0.1, 0.15) is 0 Å². The van der Waals surface area contributed by atoms with Crippen LogP contribution in [0.3, 0.4) is 0 Å². The highest BCUT2D eigenvalue weighted by Gasteiger charge is 2.10. The predicted molar refractivity (Wildman–Crippen MR) is 82.4 cm³/mol. The lowest BCUT2D eigenvalue weighted by molar-refractivity contribution is 0.0953. The van der Waals surface area contributed by atoms with E-state index in [9.17, 15) is 4.79 Å². The SMILES string of the molecule is COc1ccc(C(=O)NCCc2scnc2C)cc1OC. The van der Waals surface area contributed by atoms with Crippen molar-refractivity contribution in [3.63, 3.8) is 0 Å². The smallest absolute Gasteiger partial charge is 0.251 e. The third-order valence-corrected chi connectivity index (χ3v) is 4.12. The fourth-order valence-electron chi connectivity index (χ4n) is 1.94. The minimum atomic E-state index is -0.127. The Bertz CT molecular complexity index is 625. The second kappa shape index (κ2) is 7.08. The number of carbonyl (C=O) groups excluding carboxylic acids is 1. The number of hydrogen-bond acceptors (Lipinski definition) is 5. The van der Waals surface area contributed by atoms with Gasteiger partial charge in [0.2, 0.25) is 0 Å². The Kier molecular flexibility index (Phi) is 5.16. The molecule has 0 radical (unpaired) electrons. The lowest BCUT2D eigenvalue weighted by Crippen LogP contribution is -2.25. The first-order chi connectivity index (χ1) is 10.2. The van der Waals surface area contributed by atoms with Gasteiger partial charge in [0.15, 0.2) is 11.5 Å². The Balaban J connectivity index is 1.95. The second-order valence-corrected chi connectivity index (χ2v) is 5.38. The first-order valence-corrected chi connectivity index (χ1v) is 7.43. The standard InChI is InChI=1S/C15H18N2O3S/c1-10-14(21-9-17-10)6-7-16-15(18)11-4-5-12(19-2)13(8-11)20-3/h4-5,8-9H,6-7H2,1-3H3,(H,16,18). The van der Waals surface area contributed by atoms with Gasteiger partial charge in [0.25, 0.3) is 5.91 Å². The molecule has 6 heteroatoms. The molecule has 1 heterocycles. The van der Waals surface area contributed by atoms with Gasteiger partial charge in [-0.05, 0) is 25.1 Å². The van der Waals surface area contributed by atoms with Crippen LogP contribution in [0.4, 0.5) is 0 Å². The van der Waals surface area contributed by atoms with Crippen LogP contribution in [-0.2, 0) is 6.42 Å². The number of benzene rings is 1. The summed E-state index contributed by atoms with van der Waals surface area (Å²) in [6.45, 7) is 2.55. The van der Waals surface area contributed by atoms with Crippen molar-refractivity contribution in [3.8, 4) is 11.5 Å². The quantitative estimate of drug-likeness (QED) is 0.890. The number of ether oxygens (including phenoxy) is 2.